The molecular formula is C21H20BrN3O3. The van der Waals surface area contributed by atoms with Crippen molar-refractivity contribution >= 4 is 38.8 Å². The van der Waals surface area contributed by atoms with Crippen molar-refractivity contribution < 1.29 is 14.7 Å². The second-order valence-corrected chi connectivity index (χ2v) is 7.84. The van der Waals surface area contributed by atoms with Crippen LogP contribution in [-0.4, -0.2) is 38.0 Å². The Balaban J connectivity index is 1.99. The van der Waals surface area contributed by atoms with Gasteiger partial charge < -0.3 is 14.6 Å². The van der Waals surface area contributed by atoms with E-state index in [2.05, 4.69) is 15.9 Å². The summed E-state index contributed by atoms with van der Waals surface area (Å²) in [5.41, 5.74) is 2.64. The van der Waals surface area contributed by atoms with Gasteiger partial charge in [-0.15, -0.1) is 0 Å². The lowest BCUT2D eigenvalue weighted by Gasteiger charge is -2.40. The van der Waals surface area contributed by atoms with Gasteiger partial charge in [0.25, 0.3) is 5.91 Å². The van der Waals surface area contributed by atoms with Crippen LogP contribution in [0.3, 0.4) is 0 Å². The summed E-state index contributed by atoms with van der Waals surface area (Å²) in [5.74, 6) is -1.41. The van der Waals surface area contributed by atoms with E-state index in [9.17, 15) is 14.7 Å². The molecule has 0 unspecified atom stereocenters. The summed E-state index contributed by atoms with van der Waals surface area (Å²) in [7, 11) is 1.87. The van der Waals surface area contributed by atoms with Crippen LogP contribution in [0.1, 0.15) is 47.1 Å². The van der Waals surface area contributed by atoms with Gasteiger partial charge in [0.1, 0.15) is 23.3 Å². The van der Waals surface area contributed by atoms with Crippen molar-refractivity contribution in [3.63, 3.8) is 0 Å². The van der Waals surface area contributed by atoms with Crippen molar-refractivity contribution in [2.75, 3.05) is 6.54 Å². The first-order valence-electron chi connectivity index (χ1n) is 9.19. The molecule has 4 rings (SSSR count). The maximum Gasteiger partial charge on any atom is 0.313 e. The lowest BCUT2D eigenvalue weighted by atomic mass is 9.82. The number of aryl methyl sites for hydroxylation is 1. The molecule has 3 aromatic rings. The second-order valence-electron chi connectivity index (χ2n) is 6.98. The van der Waals surface area contributed by atoms with Crippen molar-refractivity contribution in [2.24, 2.45) is 7.05 Å². The largest absolute Gasteiger partial charge is 0.481 e. The molecule has 1 aliphatic rings. The predicted molar refractivity (Wildman–Crippen MR) is 109 cm³/mol. The number of carboxylic acid groups (broad SMARTS) is 1. The third kappa shape index (κ3) is 2.73. The van der Waals surface area contributed by atoms with E-state index < -0.39 is 17.9 Å². The summed E-state index contributed by atoms with van der Waals surface area (Å²) in [6.07, 6.45) is 0.727. The molecule has 0 saturated carbocycles. The number of para-hydroxylation sites is 1. The fourth-order valence-electron chi connectivity index (χ4n) is 4.09. The minimum atomic E-state index is -0.961. The second kappa shape index (κ2) is 7.05. The first kappa shape index (κ1) is 18.7. The van der Waals surface area contributed by atoms with E-state index in [1.165, 1.54) is 0 Å². The summed E-state index contributed by atoms with van der Waals surface area (Å²) in [6, 6.07) is 12.1. The van der Waals surface area contributed by atoms with Crippen LogP contribution in [0.4, 0.5) is 0 Å². The Kier molecular flexibility index (Phi) is 4.71. The Morgan fingerprint density at radius 1 is 1.21 bits per heavy atom. The van der Waals surface area contributed by atoms with Crippen molar-refractivity contribution in [1.29, 1.82) is 0 Å². The number of imidazole rings is 1. The lowest BCUT2D eigenvalue weighted by molar-refractivity contribution is -0.140. The van der Waals surface area contributed by atoms with Gasteiger partial charge in [0, 0.05) is 23.6 Å². The van der Waals surface area contributed by atoms with E-state index in [1.54, 1.807) is 29.2 Å². The highest BCUT2D eigenvalue weighted by atomic mass is 79.9. The van der Waals surface area contributed by atoms with Crippen molar-refractivity contribution in [3.05, 3.63) is 63.9 Å². The molecular weight excluding hydrogens is 422 g/mol. The molecule has 2 heterocycles. The topological polar surface area (TPSA) is 75.4 Å². The number of aromatic nitrogens is 2. The maximum absolute atomic E-state index is 13.2. The van der Waals surface area contributed by atoms with Crippen LogP contribution in [0.15, 0.2) is 46.9 Å². The standard InChI is InChI=1S/C21H20BrN3O3/c1-3-11-25-18(19-23-17-14(22)9-6-10-15(17)24(19)2)16(21(27)28)12-7-4-5-8-13(12)20(25)26/h4-10,16,18H,3,11H2,1-2H3,(H,27,28)/t16-,18+/m1/s1. The summed E-state index contributed by atoms with van der Waals surface area (Å²) in [6.45, 7) is 2.44. The minimum Gasteiger partial charge on any atom is -0.481 e. The normalized spacial score (nSPS) is 19.1. The van der Waals surface area contributed by atoms with E-state index in [-0.39, 0.29) is 5.91 Å². The molecule has 1 N–H and O–H groups in total. The molecule has 0 saturated heterocycles. The number of aliphatic carboxylic acids is 1. The van der Waals surface area contributed by atoms with Crippen molar-refractivity contribution in [2.45, 2.75) is 25.3 Å². The van der Waals surface area contributed by atoms with Crippen LogP contribution in [0.2, 0.25) is 0 Å². The fraction of sp³-hybridized carbons (Fsp3) is 0.286. The van der Waals surface area contributed by atoms with Gasteiger partial charge in [0.15, 0.2) is 0 Å². The number of carbonyl (C=O) groups is 2. The zero-order chi connectivity index (χ0) is 20.0. The number of carbonyl (C=O) groups excluding carboxylic acids is 1. The van der Waals surface area contributed by atoms with Gasteiger partial charge >= 0.3 is 5.97 Å². The van der Waals surface area contributed by atoms with Crippen molar-refractivity contribution in [3.8, 4) is 0 Å². The minimum absolute atomic E-state index is 0.147. The van der Waals surface area contributed by atoms with Gasteiger partial charge in [0.05, 0.1) is 5.52 Å². The Morgan fingerprint density at radius 3 is 2.64 bits per heavy atom. The maximum atomic E-state index is 13.2. The Bertz CT molecular complexity index is 1090. The average molecular weight is 442 g/mol. The van der Waals surface area contributed by atoms with Crippen molar-refractivity contribution in [1.82, 2.24) is 14.5 Å². The first-order valence-corrected chi connectivity index (χ1v) is 9.98. The molecule has 2 atom stereocenters. The molecule has 0 aliphatic carbocycles. The lowest BCUT2D eigenvalue weighted by Crippen LogP contribution is -2.46. The number of carboxylic acids is 1. The van der Waals surface area contributed by atoms with Crippen LogP contribution in [0, 0.1) is 0 Å². The molecule has 2 aromatic carbocycles. The summed E-state index contributed by atoms with van der Waals surface area (Å²) in [5, 5.41) is 10.1. The average Bonchev–Trinajstić information content (AvgIpc) is 3.01. The molecule has 0 spiro atoms. The zero-order valence-corrected chi connectivity index (χ0v) is 17.2. The Labute approximate surface area is 170 Å². The summed E-state index contributed by atoms with van der Waals surface area (Å²) < 4.78 is 2.73. The van der Waals surface area contributed by atoms with Gasteiger partial charge in [-0.05, 0) is 46.1 Å². The van der Waals surface area contributed by atoms with Crippen LogP contribution in [-0.2, 0) is 11.8 Å². The Hall–Kier alpha value is -2.67. The SMILES string of the molecule is CCCN1C(=O)c2ccccc2[C@@H](C(=O)O)[C@H]1c1nc2c(Br)cccc2n1C. The number of fused-ring (bicyclic) bond motifs is 2. The van der Waals surface area contributed by atoms with Gasteiger partial charge in [-0.25, -0.2) is 4.98 Å². The molecule has 1 amide bonds. The molecule has 0 radical (unpaired) electrons. The van der Waals surface area contributed by atoms with Gasteiger partial charge in [-0.3, -0.25) is 9.59 Å². The molecule has 1 aromatic heterocycles. The highest BCUT2D eigenvalue weighted by Crippen LogP contribution is 2.43. The molecule has 6 nitrogen and oxygen atoms in total. The highest BCUT2D eigenvalue weighted by Gasteiger charge is 2.46. The van der Waals surface area contributed by atoms with Gasteiger partial charge in [-0.2, -0.15) is 0 Å². The number of halogens is 1. The number of hydrogen-bond acceptors (Lipinski definition) is 3. The van der Waals surface area contributed by atoms with E-state index in [1.807, 2.05) is 36.7 Å². The quantitative estimate of drug-likeness (QED) is 0.660. The third-order valence-corrected chi connectivity index (χ3v) is 5.97. The highest BCUT2D eigenvalue weighted by molar-refractivity contribution is 9.10. The number of hydrogen-bond donors (Lipinski definition) is 1. The smallest absolute Gasteiger partial charge is 0.313 e. The first-order chi connectivity index (χ1) is 13.5. The van der Waals surface area contributed by atoms with Crippen LogP contribution in [0.5, 0.6) is 0 Å². The van der Waals surface area contributed by atoms with E-state index in [0.29, 0.717) is 23.5 Å². The Morgan fingerprint density at radius 2 is 1.96 bits per heavy atom. The number of amides is 1. The predicted octanol–water partition coefficient (Wildman–Crippen LogP) is 4.11. The molecule has 0 bridgehead atoms. The third-order valence-electron chi connectivity index (χ3n) is 5.33. The summed E-state index contributed by atoms with van der Waals surface area (Å²) >= 11 is 3.52. The van der Waals surface area contributed by atoms with E-state index in [4.69, 9.17) is 4.98 Å². The van der Waals surface area contributed by atoms with E-state index in [0.717, 1.165) is 21.9 Å². The summed E-state index contributed by atoms with van der Waals surface area (Å²) in [4.78, 5) is 32.0. The van der Waals surface area contributed by atoms with Gasteiger partial charge in [0.2, 0.25) is 0 Å². The van der Waals surface area contributed by atoms with E-state index >= 15 is 0 Å². The molecule has 7 heteroatoms. The van der Waals surface area contributed by atoms with Gasteiger partial charge in [-0.1, -0.05) is 31.2 Å². The monoisotopic (exact) mass is 441 g/mol. The number of nitrogens with zero attached hydrogens (tertiary/aromatic N) is 3. The van der Waals surface area contributed by atoms with Crippen LogP contribution < -0.4 is 0 Å². The molecule has 144 valence electrons. The number of benzene rings is 2. The number of rotatable bonds is 4. The van der Waals surface area contributed by atoms with Crippen LogP contribution in [0.25, 0.3) is 11.0 Å². The van der Waals surface area contributed by atoms with Crippen LogP contribution >= 0.6 is 15.9 Å². The fourth-order valence-corrected chi connectivity index (χ4v) is 4.54. The molecule has 0 fully saturated rings. The molecule has 1 aliphatic heterocycles. The zero-order valence-electron chi connectivity index (χ0n) is 15.6. The molecule has 28 heavy (non-hydrogen) atoms.